The summed E-state index contributed by atoms with van der Waals surface area (Å²) in [7, 11) is 0. The maximum Gasteiger partial charge on any atom is 0.306 e. The summed E-state index contributed by atoms with van der Waals surface area (Å²) in [5.74, 6) is -0.214. The van der Waals surface area contributed by atoms with E-state index < -0.39 is 6.10 Å². The average molecular weight is 806 g/mol. The van der Waals surface area contributed by atoms with E-state index in [1.165, 1.54) is 77.0 Å². The number of unbranched alkanes of at least 4 members (excludes halogenated alkanes) is 21. The Balaban J connectivity index is 4.57. The first-order valence-electron chi connectivity index (χ1n) is 23.8. The SMILES string of the molecule is CCCCCC/C=C\COC(=O)CCCCCCCOCC(OCCCCCCCC(=O)OC/C=C\CCCCCC)C(=O)N(CCCCCCCC)C(C)(C)C. The van der Waals surface area contributed by atoms with Crippen LogP contribution in [0.2, 0.25) is 0 Å². The zero-order valence-electron chi connectivity index (χ0n) is 38.2. The molecule has 0 fully saturated rings. The van der Waals surface area contributed by atoms with Gasteiger partial charge in [0.05, 0.1) is 6.61 Å². The van der Waals surface area contributed by atoms with Crippen LogP contribution in [0.25, 0.3) is 0 Å². The molecule has 0 aromatic carbocycles. The van der Waals surface area contributed by atoms with Gasteiger partial charge in [-0.25, -0.2) is 0 Å². The fraction of sp³-hybridized carbons (Fsp3) is 0.857. The van der Waals surface area contributed by atoms with Crippen molar-refractivity contribution in [3.05, 3.63) is 24.3 Å². The number of hydrogen-bond acceptors (Lipinski definition) is 7. The lowest BCUT2D eigenvalue weighted by atomic mass is 10.0. The molecule has 8 nitrogen and oxygen atoms in total. The zero-order valence-corrected chi connectivity index (χ0v) is 38.2. The number of carbonyl (C=O) groups excluding carboxylic acids is 3. The lowest BCUT2D eigenvalue weighted by molar-refractivity contribution is -0.153. The number of ether oxygens (including phenoxy) is 4. The Morgan fingerprint density at radius 3 is 1.42 bits per heavy atom. The highest BCUT2D eigenvalue weighted by Gasteiger charge is 2.32. The highest BCUT2D eigenvalue weighted by atomic mass is 16.5. The number of nitrogens with zero attached hydrogens (tertiary/aromatic N) is 1. The third kappa shape index (κ3) is 36.6. The molecule has 0 saturated heterocycles. The van der Waals surface area contributed by atoms with Gasteiger partial charge in [0.15, 0.2) is 6.10 Å². The maximum absolute atomic E-state index is 14.0. The van der Waals surface area contributed by atoms with Crippen LogP contribution in [0, 0.1) is 0 Å². The van der Waals surface area contributed by atoms with Crippen LogP contribution < -0.4 is 0 Å². The summed E-state index contributed by atoms with van der Waals surface area (Å²) < 4.78 is 23.0. The molecular formula is C49H91NO7. The van der Waals surface area contributed by atoms with E-state index in [-0.39, 0.29) is 30.0 Å². The van der Waals surface area contributed by atoms with E-state index in [2.05, 4.69) is 53.7 Å². The second kappa shape index (κ2) is 40.6. The molecule has 0 heterocycles. The Morgan fingerprint density at radius 2 is 0.930 bits per heavy atom. The van der Waals surface area contributed by atoms with E-state index in [1.54, 1.807) is 0 Å². The van der Waals surface area contributed by atoms with Crippen LogP contribution in [-0.4, -0.2) is 74.0 Å². The molecule has 0 aliphatic heterocycles. The maximum atomic E-state index is 14.0. The summed E-state index contributed by atoms with van der Waals surface area (Å²) in [6, 6.07) is 0. The van der Waals surface area contributed by atoms with Crippen molar-refractivity contribution in [1.29, 1.82) is 0 Å². The Kier molecular flexibility index (Phi) is 39.0. The van der Waals surface area contributed by atoms with Gasteiger partial charge in [0.25, 0.3) is 5.91 Å². The Bertz CT molecular complexity index is 989. The molecule has 57 heavy (non-hydrogen) atoms. The standard InChI is InChI=1S/C49H91NO7/c1-7-10-13-16-19-27-35-42-56-46(51)37-30-23-21-26-33-40-54-44-45(48(53)50(49(4,5)6)39-32-25-18-15-12-9-3)55-41-34-29-22-24-31-38-47(52)57-43-36-28-20-17-14-11-8-2/h27-28,35-36,45H,7-26,29-34,37-44H2,1-6H3/b35-27-,36-28-. The molecular weight excluding hydrogens is 715 g/mol. The molecule has 8 heteroatoms. The normalized spacial score (nSPS) is 12.5. The predicted octanol–water partition coefficient (Wildman–Crippen LogP) is 13.2. The highest BCUT2D eigenvalue weighted by molar-refractivity contribution is 5.81. The van der Waals surface area contributed by atoms with Crippen LogP contribution in [0.3, 0.4) is 0 Å². The van der Waals surface area contributed by atoms with Gasteiger partial charge in [-0.3, -0.25) is 14.4 Å². The Hall–Kier alpha value is -2.19. The molecule has 0 N–H and O–H groups in total. The monoisotopic (exact) mass is 806 g/mol. The van der Waals surface area contributed by atoms with Gasteiger partial charge < -0.3 is 23.8 Å². The first-order valence-corrected chi connectivity index (χ1v) is 23.8. The molecule has 1 unspecified atom stereocenters. The first kappa shape index (κ1) is 54.8. The van der Waals surface area contributed by atoms with Crippen molar-refractivity contribution in [1.82, 2.24) is 4.90 Å². The highest BCUT2D eigenvalue weighted by Crippen LogP contribution is 2.19. The summed E-state index contributed by atoms with van der Waals surface area (Å²) in [6.45, 7) is 15.8. The number of amides is 1. The van der Waals surface area contributed by atoms with Crippen molar-refractivity contribution >= 4 is 17.8 Å². The topological polar surface area (TPSA) is 91.4 Å². The third-order valence-corrected chi connectivity index (χ3v) is 10.3. The van der Waals surface area contributed by atoms with Crippen LogP contribution in [0.1, 0.15) is 221 Å². The van der Waals surface area contributed by atoms with Crippen molar-refractivity contribution in [2.75, 3.05) is 39.6 Å². The number of rotatable bonds is 41. The number of esters is 2. The molecule has 0 rings (SSSR count). The molecule has 0 aromatic heterocycles. The molecule has 0 aliphatic rings. The van der Waals surface area contributed by atoms with Gasteiger partial charge >= 0.3 is 11.9 Å². The summed E-state index contributed by atoms with van der Waals surface area (Å²) >= 11 is 0. The molecule has 0 radical (unpaired) electrons. The smallest absolute Gasteiger partial charge is 0.306 e. The molecule has 334 valence electrons. The third-order valence-electron chi connectivity index (χ3n) is 10.3. The van der Waals surface area contributed by atoms with Crippen molar-refractivity contribution in [2.24, 2.45) is 0 Å². The van der Waals surface area contributed by atoms with Crippen molar-refractivity contribution in [3.63, 3.8) is 0 Å². The average Bonchev–Trinajstić information content (AvgIpc) is 3.18. The van der Waals surface area contributed by atoms with Crippen molar-refractivity contribution in [2.45, 2.75) is 233 Å². The van der Waals surface area contributed by atoms with E-state index in [1.807, 2.05) is 17.1 Å². The van der Waals surface area contributed by atoms with E-state index in [4.69, 9.17) is 18.9 Å². The zero-order chi connectivity index (χ0) is 42.1. The summed E-state index contributed by atoms with van der Waals surface area (Å²) in [4.78, 5) is 40.1. The minimum atomic E-state index is -0.619. The molecule has 1 atom stereocenters. The fourth-order valence-corrected chi connectivity index (χ4v) is 6.69. The number of hydrogen-bond donors (Lipinski definition) is 0. The lowest BCUT2D eigenvalue weighted by Gasteiger charge is -2.38. The molecule has 0 bridgehead atoms. The summed E-state index contributed by atoms with van der Waals surface area (Å²) in [6.07, 6.45) is 37.2. The van der Waals surface area contributed by atoms with E-state index in [0.717, 1.165) is 96.4 Å². The van der Waals surface area contributed by atoms with Gasteiger partial charge in [0, 0.05) is 38.1 Å². The van der Waals surface area contributed by atoms with Crippen LogP contribution in [-0.2, 0) is 33.3 Å². The Morgan fingerprint density at radius 1 is 0.509 bits per heavy atom. The Labute approximate surface area is 352 Å². The van der Waals surface area contributed by atoms with Gasteiger partial charge in [0.1, 0.15) is 13.2 Å². The van der Waals surface area contributed by atoms with Crippen LogP contribution in [0.5, 0.6) is 0 Å². The summed E-state index contributed by atoms with van der Waals surface area (Å²) in [5.41, 5.74) is -0.301. The minimum absolute atomic E-state index is 0.0234. The van der Waals surface area contributed by atoms with E-state index >= 15 is 0 Å². The predicted molar refractivity (Wildman–Crippen MR) is 239 cm³/mol. The van der Waals surface area contributed by atoms with Crippen LogP contribution in [0.15, 0.2) is 24.3 Å². The number of carbonyl (C=O) groups is 3. The van der Waals surface area contributed by atoms with Gasteiger partial charge in [-0.15, -0.1) is 0 Å². The minimum Gasteiger partial charge on any atom is -0.461 e. The van der Waals surface area contributed by atoms with Gasteiger partial charge in [-0.05, 0) is 78.6 Å². The molecule has 1 amide bonds. The van der Waals surface area contributed by atoms with Crippen molar-refractivity contribution < 1.29 is 33.3 Å². The quantitative estimate of drug-likeness (QED) is 0.0345. The van der Waals surface area contributed by atoms with E-state index in [0.29, 0.717) is 39.3 Å². The fourth-order valence-electron chi connectivity index (χ4n) is 6.69. The molecule has 0 aromatic rings. The van der Waals surface area contributed by atoms with Gasteiger partial charge in [-0.2, -0.15) is 0 Å². The second-order valence-corrected chi connectivity index (χ2v) is 16.9. The lowest BCUT2D eigenvalue weighted by Crippen LogP contribution is -2.52. The first-order chi connectivity index (χ1) is 27.7. The van der Waals surface area contributed by atoms with Crippen LogP contribution >= 0.6 is 0 Å². The van der Waals surface area contributed by atoms with Gasteiger partial charge in [0.2, 0.25) is 0 Å². The van der Waals surface area contributed by atoms with Gasteiger partial charge in [-0.1, -0.05) is 154 Å². The molecule has 0 aliphatic carbocycles. The number of allylic oxidation sites excluding steroid dienone is 2. The van der Waals surface area contributed by atoms with Crippen LogP contribution in [0.4, 0.5) is 0 Å². The second-order valence-electron chi connectivity index (χ2n) is 16.9. The van der Waals surface area contributed by atoms with E-state index in [9.17, 15) is 14.4 Å². The summed E-state index contributed by atoms with van der Waals surface area (Å²) in [5, 5.41) is 0. The molecule has 0 spiro atoms. The largest absolute Gasteiger partial charge is 0.461 e. The van der Waals surface area contributed by atoms with Crippen molar-refractivity contribution in [3.8, 4) is 0 Å². The molecule has 0 saturated carbocycles.